The Hall–Kier alpha value is -1.71. The topological polar surface area (TPSA) is 49.8 Å². The predicted octanol–water partition coefficient (Wildman–Crippen LogP) is 1.91. The summed E-state index contributed by atoms with van der Waals surface area (Å²) in [7, 11) is 1.72. The maximum absolute atomic E-state index is 11.3. The highest BCUT2D eigenvalue weighted by atomic mass is 16.6. The van der Waals surface area contributed by atoms with Crippen LogP contribution >= 0.6 is 0 Å². The van der Waals surface area contributed by atoms with Crippen LogP contribution in [-0.2, 0) is 4.74 Å². The summed E-state index contributed by atoms with van der Waals surface area (Å²) in [6.07, 6.45) is 0.492. The van der Waals surface area contributed by atoms with Crippen molar-refractivity contribution >= 4 is 6.09 Å². The largest absolute Gasteiger partial charge is 0.508 e. The first-order chi connectivity index (χ1) is 7.18. The summed E-state index contributed by atoms with van der Waals surface area (Å²) in [4.78, 5) is 12.9. The molecule has 80 valence electrons. The van der Waals surface area contributed by atoms with Crippen molar-refractivity contribution in [1.82, 2.24) is 4.90 Å². The smallest absolute Gasteiger partial charge is 0.410 e. The quantitative estimate of drug-likeness (QED) is 0.765. The third-order valence-electron chi connectivity index (χ3n) is 2.65. The lowest BCUT2D eigenvalue weighted by Gasteiger charge is -2.32. The molecule has 15 heavy (non-hydrogen) atoms. The van der Waals surface area contributed by atoms with Crippen molar-refractivity contribution in [3.05, 3.63) is 29.8 Å². The van der Waals surface area contributed by atoms with Crippen LogP contribution in [0.4, 0.5) is 4.79 Å². The maximum Gasteiger partial charge on any atom is 0.410 e. The Labute approximate surface area is 88.1 Å². The average molecular weight is 207 g/mol. The van der Waals surface area contributed by atoms with Gasteiger partial charge in [-0.25, -0.2) is 4.79 Å². The van der Waals surface area contributed by atoms with Gasteiger partial charge in [0.05, 0.1) is 12.6 Å². The summed E-state index contributed by atoms with van der Waals surface area (Å²) >= 11 is 0. The first kappa shape index (κ1) is 9.83. The second-order valence-corrected chi connectivity index (χ2v) is 3.62. The molecule has 1 aliphatic rings. The van der Waals surface area contributed by atoms with E-state index in [2.05, 4.69) is 0 Å². The van der Waals surface area contributed by atoms with Gasteiger partial charge in [-0.3, -0.25) is 0 Å². The molecule has 1 fully saturated rings. The van der Waals surface area contributed by atoms with Gasteiger partial charge in [0.1, 0.15) is 5.75 Å². The Morgan fingerprint density at radius 3 is 2.73 bits per heavy atom. The highest BCUT2D eigenvalue weighted by Crippen LogP contribution is 2.28. The third kappa shape index (κ3) is 1.88. The summed E-state index contributed by atoms with van der Waals surface area (Å²) < 4.78 is 4.90. The van der Waals surface area contributed by atoms with Crippen LogP contribution < -0.4 is 0 Å². The first-order valence-electron chi connectivity index (χ1n) is 4.87. The number of rotatable bonds is 1. The molecule has 4 nitrogen and oxygen atoms in total. The minimum atomic E-state index is -0.292. The van der Waals surface area contributed by atoms with Crippen LogP contribution in [0.3, 0.4) is 0 Å². The van der Waals surface area contributed by atoms with E-state index in [1.807, 2.05) is 12.1 Å². The Kier molecular flexibility index (Phi) is 2.49. The van der Waals surface area contributed by atoms with Gasteiger partial charge in [-0.1, -0.05) is 12.1 Å². The Morgan fingerprint density at radius 1 is 1.40 bits per heavy atom. The van der Waals surface area contributed by atoms with Gasteiger partial charge in [0.25, 0.3) is 0 Å². The molecule has 0 bridgehead atoms. The van der Waals surface area contributed by atoms with Gasteiger partial charge >= 0.3 is 6.09 Å². The molecule has 1 atom stereocenters. The molecule has 1 aromatic rings. The van der Waals surface area contributed by atoms with Gasteiger partial charge in [0, 0.05) is 13.5 Å². The Balaban J connectivity index is 2.22. The zero-order valence-corrected chi connectivity index (χ0v) is 8.51. The van der Waals surface area contributed by atoms with Gasteiger partial charge in [0.15, 0.2) is 0 Å². The maximum atomic E-state index is 11.3. The van der Waals surface area contributed by atoms with E-state index in [9.17, 15) is 4.79 Å². The molecule has 1 unspecified atom stereocenters. The van der Waals surface area contributed by atoms with E-state index in [4.69, 9.17) is 9.84 Å². The predicted molar refractivity (Wildman–Crippen MR) is 54.6 cm³/mol. The lowest BCUT2D eigenvalue weighted by molar-refractivity contribution is 0.0559. The SMILES string of the molecule is CN1C(=O)OCCC1c1ccc(O)cc1. The molecule has 1 aliphatic heterocycles. The molecule has 1 heterocycles. The fourth-order valence-corrected chi connectivity index (χ4v) is 1.77. The average Bonchev–Trinajstić information content (AvgIpc) is 2.24. The number of hydrogen-bond acceptors (Lipinski definition) is 3. The third-order valence-corrected chi connectivity index (χ3v) is 2.65. The summed E-state index contributed by atoms with van der Waals surface area (Å²) in [5.74, 6) is 0.236. The van der Waals surface area contributed by atoms with Crippen LogP contribution in [0.2, 0.25) is 0 Å². The van der Waals surface area contributed by atoms with Gasteiger partial charge in [0.2, 0.25) is 0 Å². The molecular formula is C11H13NO3. The van der Waals surface area contributed by atoms with Gasteiger partial charge < -0.3 is 14.7 Å². The number of benzene rings is 1. The van der Waals surface area contributed by atoms with Gasteiger partial charge in [-0.2, -0.15) is 0 Å². The van der Waals surface area contributed by atoms with Crippen LogP contribution in [0.1, 0.15) is 18.0 Å². The normalized spacial score (nSPS) is 21.3. The number of phenols is 1. The van der Waals surface area contributed by atoms with E-state index >= 15 is 0 Å². The molecule has 0 aromatic heterocycles. The van der Waals surface area contributed by atoms with Crippen molar-refractivity contribution < 1.29 is 14.6 Å². The van der Waals surface area contributed by atoms with Crippen molar-refractivity contribution in [2.24, 2.45) is 0 Å². The van der Waals surface area contributed by atoms with E-state index in [0.29, 0.717) is 6.61 Å². The van der Waals surface area contributed by atoms with E-state index in [1.165, 1.54) is 0 Å². The summed E-state index contributed by atoms with van der Waals surface area (Å²) in [6.45, 7) is 0.453. The molecule has 1 N–H and O–H groups in total. The van der Waals surface area contributed by atoms with Crippen LogP contribution in [0.5, 0.6) is 5.75 Å². The monoisotopic (exact) mass is 207 g/mol. The molecule has 1 saturated heterocycles. The molecule has 0 spiro atoms. The highest BCUT2D eigenvalue weighted by Gasteiger charge is 2.27. The van der Waals surface area contributed by atoms with Crippen LogP contribution in [0.15, 0.2) is 24.3 Å². The molecule has 1 amide bonds. The number of ether oxygens (including phenoxy) is 1. The zero-order chi connectivity index (χ0) is 10.8. The van der Waals surface area contributed by atoms with Crippen LogP contribution in [-0.4, -0.2) is 29.8 Å². The Bertz CT molecular complexity index is 361. The summed E-state index contributed by atoms with van der Waals surface area (Å²) in [5.41, 5.74) is 1.02. The number of hydrogen-bond donors (Lipinski definition) is 1. The number of carbonyl (C=O) groups excluding carboxylic acids is 1. The van der Waals surface area contributed by atoms with E-state index in [0.717, 1.165) is 12.0 Å². The number of carbonyl (C=O) groups is 1. The number of aromatic hydroxyl groups is 1. The first-order valence-corrected chi connectivity index (χ1v) is 4.87. The standard InChI is InChI=1S/C11H13NO3/c1-12-10(6-7-15-11(12)14)8-2-4-9(13)5-3-8/h2-5,10,13H,6-7H2,1H3. The Morgan fingerprint density at radius 2 is 2.07 bits per heavy atom. The minimum Gasteiger partial charge on any atom is -0.508 e. The van der Waals surface area contributed by atoms with Crippen LogP contribution in [0.25, 0.3) is 0 Å². The van der Waals surface area contributed by atoms with Gasteiger partial charge in [-0.05, 0) is 17.7 Å². The number of phenolic OH excluding ortho intramolecular Hbond substituents is 1. The van der Waals surface area contributed by atoms with Crippen molar-refractivity contribution in [1.29, 1.82) is 0 Å². The fraction of sp³-hybridized carbons (Fsp3) is 0.364. The van der Waals surface area contributed by atoms with Crippen molar-refractivity contribution in [2.45, 2.75) is 12.5 Å². The molecule has 0 saturated carbocycles. The van der Waals surface area contributed by atoms with Crippen molar-refractivity contribution in [3.8, 4) is 5.75 Å². The summed E-state index contributed by atoms with van der Waals surface area (Å²) in [6, 6.07) is 6.96. The second-order valence-electron chi connectivity index (χ2n) is 3.62. The lowest BCUT2D eigenvalue weighted by Crippen LogP contribution is -2.37. The van der Waals surface area contributed by atoms with E-state index in [-0.39, 0.29) is 17.9 Å². The number of amides is 1. The van der Waals surface area contributed by atoms with E-state index in [1.54, 1.807) is 24.1 Å². The second kappa shape index (κ2) is 3.81. The molecule has 2 rings (SSSR count). The molecule has 1 aromatic carbocycles. The minimum absolute atomic E-state index is 0.0480. The fourth-order valence-electron chi connectivity index (χ4n) is 1.77. The van der Waals surface area contributed by atoms with Crippen molar-refractivity contribution in [2.75, 3.05) is 13.7 Å². The lowest BCUT2D eigenvalue weighted by atomic mass is 10.0. The highest BCUT2D eigenvalue weighted by molar-refractivity contribution is 5.68. The van der Waals surface area contributed by atoms with Crippen LogP contribution in [0, 0.1) is 0 Å². The zero-order valence-electron chi connectivity index (χ0n) is 8.51. The molecular weight excluding hydrogens is 194 g/mol. The number of nitrogens with zero attached hydrogens (tertiary/aromatic N) is 1. The van der Waals surface area contributed by atoms with Gasteiger partial charge in [-0.15, -0.1) is 0 Å². The molecule has 4 heteroatoms. The van der Waals surface area contributed by atoms with Crippen molar-refractivity contribution in [3.63, 3.8) is 0 Å². The number of cyclic esters (lactones) is 1. The molecule has 0 aliphatic carbocycles. The van der Waals surface area contributed by atoms with E-state index < -0.39 is 0 Å². The summed E-state index contributed by atoms with van der Waals surface area (Å²) in [5, 5.41) is 9.17. The molecule has 0 radical (unpaired) electrons.